The highest BCUT2D eigenvalue weighted by Crippen LogP contribution is 2.17. The van der Waals surface area contributed by atoms with E-state index in [4.69, 9.17) is 11.6 Å². The van der Waals surface area contributed by atoms with Gasteiger partial charge in [-0.2, -0.15) is 0 Å². The van der Waals surface area contributed by atoms with Crippen LogP contribution in [0.2, 0.25) is 5.02 Å². The zero-order valence-electron chi connectivity index (χ0n) is 9.77. The normalized spacial score (nSPS) is 9.80. The second-order valence-electron chi connectivity index (χ2n) is 3.25. The van der Waals surface area contributed by atoms with Crippen molar-refractivity contribution in [2.75, 3.05) is 0 Å². The highest BCUT2D eigenvalue weighted by atomic mass is 35.5. The lowest BCUT2D eigenvalue weighted by Gasteiger charge is -2.09. The van der Waals surface area contributed by atoms with Crippen molar-refractivity contribution < 1.29 is 4.39 Å². The first-order valence-electron chi connectivity index (χ1n) is 5.27. The molecular formula is C12H19ClFN. The molecule has 0 aliphatic rings. The summed E-state index contributed by atoms with van der Waals surface area (Å²) in [5, 5.41) is 3.31. The third-order valence-electron chi connectivity index (χ3n) is 1.73. The molecule has 0 bridgehead atoms. The quantitative estimate of drug-likeness (QED) is 0.829. The standard InChI is InChI=1S/C10H13ClFN.C2H6/c1-7(2)13-6-8-4-3-5-9(11)10(8)12;1-2/h3-5,7,13H,6H2,1-2H3;1-2H3. The molecule has 15 heavy (non-hydrogen) atoms. The average molecular weight is 232 g/mol. The van der Waals surface area contributed by atoms with Crippen LogP contribution in [-0.4, -0.2) is 6.04 Å². The van der Waals surface area contributed by atoms with Gasteiger partial charge in [-0.15, -0.1) is 0 Å². The summed E-state index contributed by atoms with van der Waals surface area (Å²) in [6, 6.07) is 5.38. The Kier molecular flexibility index (Phi) is 7.35. The fourth-order valence-corrected chi connectivity index (χ4v) is 1.19. The van der Waals surface area contributed by atoms with Crippen LogP contribution >= 0.6 is 11.6 Å². The van der Waals surface area contributed by atoms with Crippen molar-refractivity contribution in [3.05, 3.63) is 34.6 Å². The Balaban J connectivity index is 0.000000921. The van der Waals surface area contributed by atoms with Gasteiger partial charge < -0.3 is 5.32 Å². The van der Waals surface area contributed by atoms with E-state index in [1.54, 1.807) is 18.2 Å². The molecule has 86 valence electrons. The van der Waals surface area contributed by atoms with Crippen molar-refractivity contribution in [3.63, 3.8) is 0 Å². The van der Waals surface area contributed by atoms with Crippen LogP contribution in [-0.2, 0) is 6.54 Å². The molecule has 0 radical (unpaired) electrons. The minimum Gasteiger partial charge on any atom is -0.310 e. The van der Waals surface area contributed by atoms with E-state index in [1.807, 2.05) is 27.7 Å². The molecule has 0 aliphatic carbocycles. The molecule has 0 fully saturated rings. The Morgan fingerprint density at radius 2 is 1.93 bits per heavy atom. The fraction of sp³-hybridized carbons (Fsp3) is 0.500. The van der Waals surface area contributed by atoms with E-state index >= 15 is 0 Å². The summed E-state index contributed by atoms with van der Waals surface area (Å²) in [5.74, 6) is -0.322. The van der Waals surface area contributed by atoms with Gasteiger partial charge in [0.2, 0.25) is 0 Å². The van der Waals surface area contributed by atoms with Gasteiger partial charge in [0.25, 0.3) is 0 Å². The molecule has 1 N–H and O–H groups in total. The smallest absolute Gasteiger partial charge is 0.146 e. The third-order valence-corrected chi connectivity index (χ3v) is 2.02. The van der Waals surface area contributed by atoms with Crippen molar-refractivity contribution in [1.82, 2.24) is 5.32 Å². The number of nitrogens with one attached hydrogen (secondary N) is 1. The van der Waals surface area contributed by atoms with Crippen LogP contribution in [0.3, 0.4) is 0 Å². The van der Waals surface area contributed by atoms with Gasteiger partial charge in [-0.25, -0.2) is 4.39 Å². The van der Waals surface area contributed by atoms with Crippen LogP contribution in [0.4, 0.5) is 4.39 Å². The van der Waals surface area contributed by atoms with Crippen LogP contribution in [0.25, 0.3) is 0 Å². The number of benzene rings is 1. The summed E-state index contributed by atoms with van der Waals surface area (Å²) >= 11 is 5.63. The van der Waals surface area contributed by atoms with E-state index in [9.17, 15) is 4.39 Å². The Morgan fingerprint density at radius 3 is 2.47 bits per heavy atom. The van der Waals surface area contributed by atoms with E-state index < -0.39 is 0 Å². The summed E-state index contributed by atoms with van der Waals surface area (Å²) in [6.45, 7) is 8.55. The largest absolute Gasteiger partial charge is 0.310 e. The molecule has 0 saturated carbocycles. The fourth-order valence-electron chi connectivity index (χ4n) is 0.999. The second kappa shape index (κ2) is 7.66. The molecule has 0 aliphatic heterocycles. The van der Waals surface area contributed by atoms with Crippen molar-refractivity contribution in [2.24, 2.45) is 0 Å². The number of rotatable bonds is 3. The summed E-state index contributed by atoms with van der Waals surface area (Å²) in [7, 11) is 0. The number of hydrogen-bond donors (Lipinski definition) is 1. The summed E-state index contributed by atoms with van der Waals surface area (Å²) in [4.78, 5) is 0. The lowest BCUT2D eigenvalue weighted by Crippen LogP contribution is -2.22. The predicted molar refractivity (Wildman–Crippen MR) is 64.7 cm³/mol. The van der Waals surface area contributed by atoms with E-state index in [2.05, 4.69) is 5.32 Å². The maximum atomic E-state index is 13.3. The maximum absolute atomic E-state index is 13.3. The molecule has 1 aromatic carbocycles. The second-order valence-corrected chi connectivity index (χ2v) is 3.66. The zero-order chi connectivity index (χ0) is 11.8. The van der Waals surface area contributed by atoms with Gasteiger partial charge in [0.15, 0.2) is 0 Å². The topological polar surface area (TPSA) is 12.0 Å². The average Bonchev–Trinajstić information content (AvgIpc) is 2.23. The van der Waals surface area contributed by atoms with Crippen LogP contribution in [0, 0.1) is 5.82 Å². The molecule has 1 rings (SSSR count). The van der Waals surface area contributed by atoms with Crippen molar-refractivity contribution in [3.8, 4) is 0 Å². The Bertz CT molecular complexity index is 287. The first kappa shape index (κ1) is 14.4. The van der Waals surface area contributed by atoms with E-state index in [-0.39, 0.29) is 10.8 Å². The molecule has 0 unspecified atom stereocenters. The van der Waals surface area contributed by atoms with Gasteiger partial charge in [-0.3, -0.25) is 0 Å². The Labute approximate surface area is 96.6 Å². The molecule has 1 aromatic rings. The maximum Gasteiger partial charge on any atom is 0.146 e. The van der Waals surface area contributed by atoms with Crippen LogP contribution < -0.4 is 5.32 Å². The van der Waals surface area contributed by atoms with Crippen molar-refractivity contribution >= 4 is 11.6 Å². The van der Waals surface area contributed by atoms with Gasteiger partial charge in [-0.05, 0) is 6.07 Å². The lowest BCUT2D eigenvalue weighted by molar-refractivity contribution is 0.553. The van der Waals surface area contributed by atoms with Crippen LogP contribution in [0.1, 0.15) is 33.3 Å². The predicted octanol–water partition coefficient (Wildman–Crippen LogP) is 4.00. The highest BCUT2D eigenvalue weighted by Gasteiger charge is 2.05. The minimum atomic E-state index is -0.322. The first-order chi connectivity index (χ1) is 7.11. The lowest BCUT2D eigenvalue weighted by atomic mass is 10.2. The SMILES string of the molecule is CC.CC(C)NCc1cccc(Cl)c1F. The molecule has 0 saturated heterocycles. The molecule has 0 amide bonds. The summed E-state index contributed by atoms with van der Waals surface area (Å²) < 4.78 is 13.3. The van der Waals surface area contributed by atoms with Crippen molar-refractivity contribution in [2.45, 2.75) is 40.3 Å². The summed E-state index contributed by atoms with van der Waals surface area (Å²) in [5.41, 5.74) is 0.612. The van der Waals surface area contributed by atoms with Crippen LogP contribution in [0.15, 0.2) is 18.2 Å². The number of halogens is 2. The van der Waals surface area contributed by atoms with Gasteiger partial charge in [-0.1, -0.05) is 51.4 Å². The minimum absolute atomic E-state index is 0.183. The van der Waals surface area contributed by atoms with E-state index in [0.717, 1.165) is 0 Å². The van der Waals surface area contributed by atoms with E-state index in [0.29, 0.717) is 18.2 Å². The molecule has 0 aromatic heterocycles. The highest BCUT2D eigenvalue weighted by molar-refractivity contribution is 6.30. The first-order valence-corrected chi connectivity index (χ1v) is 5.65. The third kappa shape index (κ3) is 5.14. The Morgan fingerprint density at radius 1 is 1.33 bits per heavy atom. The van der Waals surface area contributed by atoms with E-state index in [1.165, 1.54) is 0 Å². The molecule has 0 spiro atoms. The molecular weight excluding hydrogens is 213 g/mol. The Hall–Kier alpha value is -0.600. The molecule has 0 heterocycles. The van der Waals surface area contributed by atoms with Crippen LogP contribution in [0.5, 0.6) is 0 Å². The van der Waals surface area contributed by atoms with Crippen molar-refractivity contribution in [1.29, 1.82) is 0 Å². The molecule has 1 nitrogen and oxygen atoms in total. The monoisotopic (exact) mass is 231 g/mol. The molecule has 0 atom stereocenters. The summed E-state index contributed by atoms with van der Waals surface area (Å²) in [6.07, 6.45) is 0. The van der Waals surface area contributed by atoms with Gasteiger partial charge in [0.1, 0.15) is 5.82 Å². The van der Waals surface area contributed by atoms with Gasteiger partial charge >= 0.3 is 0 Å². The number of hydrogen-bond acceptors (Lipinski definition) is 1. The molecule has 3 heteroatoms. The van der Waals surface area contributed by atoms with Gasteiger partial charge in [0.05, 0.1) is 5.02 Å². The van der Waals surface area contributed by atoms with Gasteiger partial charge in [0, 0.05) is 18.2 Å². The zero-order valence-corrected chi connectivity index (χ0v) is 10.5.